The lowest BCUT2D eigenvalue weighted by molar-refractivity contribution is 0.102. The van der Waals surface area contributed by atoms with E-state index in [0.717, 1.165) is 5.56 Å². The Morgan fingerprint density at radius 1 is 1.40 bits per heavy atom. The van der Waals surface area contributed by atoms with Gasteiger partial charge in [-0.05, 0) is 24.6 Å². The first-order chi connectivity index (χ1) is 9.54. The van der Waals surface area contributed by atoms with Crippen LogP contribution in [0.25, 0.3) is 0 Å². The molecule has 0 saturated heterocycles. The number of amides is 1. The predicted molar refractivity (Wildman–Crippen MR) is 76.1 cm³/mol. The highest BCUT2D eigenvalue weighted by Crippen LogP contribution is 2.26. The maximum Gasteiger partial charge on any atom is 0.258 e. The van der Waals surface area contributed by atoms with Crippen LogP contribution in [0, 0.1) is 12.7 Å². The number of hydrogen-bond acceptors (Lipinski definition) is 4. The fourth-order valence-electron chi connectivity index (χ4n) is 1.69. The zero-order valence-corrected chi connectivity index (χ0v) is 11.3. The van der Waals surface area contributed by atoms with Crippen molar-refractivity contribution < 1.29 is 9.18 Å². The number of carbonyl (C=O) groups excluding carboxylic acids is 1. The quantitative estimate of drug-likeness (QED) is 0.600. The Morgan fingerprint density at radius 2 is 2.15 bits per heavy atom. The van der Waals surface area contributed by atoms with Crippen LogP contribution < -0.4 is 16.6 Å². The number of rotatable bonds is 3. The fourth-order valence-corrected chi connectivity index (χ4v) is 1.96. The molecule has 0 atom stereocenters. The Morgan fingerprint density at radius 3 is 2.80 bits per heavy atom. The van der Waals surface area contributed by atoms with Gasteiger partial charge in [0.2, 0.25) is 0 Å². The number of nitrogens with one attached hydrogen (secondary N) is 2. The number of carbonyl (C=O) groups is 1. The number of benzene rings is 1. The van der Waals surface area contributed by atoms with Crippen molar-refractivity contribution in [1.82, 2.24) is 4.98 Å². The monoisotopic (exact) mass is 294 g/mol. The Balaban J connectivity index is 2.34. The number of pyridine rings is 1. The van der Waals surface area contributed by atoms with Crippen LogP contribution in [0.1, 0.15) is 15.9 Å². The van der Waals surface area contributed by atoms with Crippen molar-refractivity contribution in [2.45, 2.75) is 6.92 Å². The van der Waals surface area contributed by atoms with E-state index in [1.807, 2.05) is 0 Å². The van der Waals surface area contributed by atoms with Crippen molar-refractivity contribution in [1.29, 1.82) is 0 Å². The number of nitrogen functional groups attached to an aromatic ring is 1. The molecule has 0 fully saturated rings. The number of hydrazine groups is 1. The van der Waals surface area contributed by atoms with Gasteiger partial charge in [-0.1, -0.05) is 23.7 Å². The lowest BCUT2D eigenvalue weighted by Gasteiger charge is -2.11. The average molecular weight is 295 g/mol. The number of anilines is 2. The molecule has 0 aliphatic carbocycles. The normalized spacial score (nSPS) is 10.2. The molecule has 4 N–H and O–H groups in total. The number of halogens is 2. The van der Waals surface area contributed by atoms with E-state index in [0.29, 0.717) is 10.7 Å². The Hall–Kier alpha value is -2.18. The molecule has 0 saturated carbocycles. The summed E-state index contributed by atoms with van der Waals surface area (Å²) >= 11 is 6.01. The van der Waals surface area contributed by atoms with Crippen molar-refractivity contribution in [3.8, 4) is 0 Å². The minimum atomic E-state index is -0.822. The average Bonchev–Trinajstić information content (AvgIpc) is 2.43. The summed E-state index contributed by atoms with van der Waals surface area (Å²) < 4.78 is 13.9. The molecule has 1 aromatic heterocycles. The summed E-state index contributed by atoms with van der Waals surface area (Å²) in [5, 5.41) is 2.96. The molecule has 0 radical (unpaired) electrons. The second-order valence-corrected chi connectivity index (χ2v) is 4.46. The molecule has 0 aliphatic heterocycles. The SMILES string of the molecule is Cc1cccc(Cl)c1NC(=O)c1ccnc(NN)c1F. The van der Waals surface area contributed by atoms with E-state index < -0.39 is 11.7 Å². The second-order valence-electron chi connectivity index (χ2n) is 4.05. The van der Waals surface area contributed by atoms with Crippen LogP contribution in [0.4, 0.5) is 15.9 Å². The lowest BCUT2D eigenvalue weighted by atomic mass is 10.1. The fraction of sp³-hybridized carbons (Fsp3) is 0.0769. The number of nitrogens with two attached hydrogens (primary N) is 1. The van der Waals surface area contributed by atoms with Gasteiger partial charge in [-0.25, -0.2) is 15.2 Å². The number of aryl methyl sites for hydroxylation is 1. The highest BCUT2D eigenvalue weighted by molar-refractivity contribution is 6.34. The molecule has 0 spiro atoms. The molecule has 5 nitrogen and oxygen atoms in total. The molecule has 0 unspecified atom stereocenters. The smallest absolute Gasteiger partial charge is 0.258 e. The molecule has 0 bridgehead atoms. The number of nitrogens with zero attached hydrogens (tertiary/aromatic N) is 1. The lowest BCUT2D eigenvalue weighted by Crippen LogP contribution is -2.18. The van der Waals surface area contributed by atoms with Crippen LogP contribution in [0.2, 0.25) is 5.02 Å². The Kier molecular flexibility index (Phi) is 4.16. The van der Waals surface area contributed by atoms with Crippen LogP contribution in [-0.4, -0.2) is 10.9 Å². The van der Waals surface area contributed by atoms with E-state index in [4.69, 9.17) is 17.4 Å². The minimum absolute atomic E-state index is 0.174. The van der Waals surface area contributed by atoms with Crippen molar-refractivity contribution in [3.05, 3.63) is 52.4 Å². The van der Waals surface area contributed by atoms with Gasteiger partial charge in [0.25, 0.3) is 5.91 Å². The van der Waals surface area contributed by atoms with Crippen molar-refractivity contribution >= 4 is 29.0 Å². The third-order valence-corrected chi connectivity index (χ3v) is 3.05. The van der Waals surface area contributed by atoms with E-state index in [9.17, 15) is 9.18 Å². The molecule has 1 heterocycles. The number of aromatic nitrogens is 1. The first-order valence-corrected chi connectivity index (χ1v) is 6.10. The van der Waals surface area contributed by atoms with Crippen LogP contribution in [0.5, 0.6) is 0 Å². The summed E-state index contributed by atoms with van der Waals surface area (Å²) in [5.41, 5.74) is 3.13. The Bertz CT molecular complexity index is 643. The van der Waals surface area contributed by atoms with Crippen LogP contribution in [0.3, 0.4) is 0 Å². The summed E-state index contributed by atoms with van der Waals surface area (Å²) in [6.07, 6.45) is 1.28. The van der Waals surface area contributed by atoms with Crippen LogP contribution >= 0.6 is 11.6 Å². The number of hydrogen-bond donors (Lipinski definition) is 3. The van der Waals surface area contributed by atoms with Crippen LogP contribution in [-0.2, 0) is 0 Å². The first kappa shape index (κ1) is 14.2. The van der Waals surface area contributed by atoms with Crippen LogP contribution in [0.15, 0.2) is 30.5 Å². The summed E-state index contributed by atoms with van der Waals surface area (Å²) in [6.45, 7) is 1.79. The number of para-hydroxylation sites is 1. The summed E-state index contributed by atoms with van der Waals surface area (Å²) in [4.78, 5) is 15.8. The molecule has 1 amide bonds. The molecular formula is C13H12ClFN4O. The highest BCUT2D eigenvalue weighted by Gasteiger charge is 2.17. The highest BCUT2D eigenvalue weighted by atomic mass is 35.5. The molecule has 2 rings (SSSR count). The van der Waals surface area contributed by atoms with Gasteiger partial charge in [0.15, 0.2) is 11.6 Å². The van der Waals surface area contributed by atoms with Gasteiger partial charge < -0.3 is 10.7 Å². The van der Waals surface area contributed by atoms with E-state index in [1.54, 1.807) is 25.1 Å². The van der Waals surface area contributed by atoms with E-state index in [1.165, 1.54) is 12.3 Å². The summed E-state index contributed by atoms with van der Waals surface area (Å²) in [7, 11) is 0. The van der Waals surface area contributed by atoms with Gasteiger partial charge in [0.05, 0.1) is 16.3 Å². The molecule has 0 aliphatic rings. The largest absolute Gasteiger partial charge is 0.320 e. The predicted octanol–water partition coefficient (Wildman–Crippen LogP) is 2.72. The van der Waals surface area contributed by atoms with Gasteiger partial charge in [-0.15, -0.1) is 0 Å². The van der Waals surface area contributed by atoms with Gasteiger partial charge in [-0.2, -0.15) is 0 Å². The van der Waals surface area contributed by atoms with Gasteiger partial charge in [-0.3, -0.25) is 4.79 Å². The van der Waals surface area contributed by atoms with E-state index >= 15 is 0 Å². The molecular weight excluding hydrogens is 283 g/mol. The zero-order chi connectivity index (χ0) is 14.7. The summed E-state index contributed by atoms with van der Waals surface area (Å²) in [5.74, 6) is 3.47. The van der Waals surface area contributed by atoms with Crippen molar-refractivity contribution in [2.75, 3.05) is 10.7 Å². The van der Waals surface area contributed by atoms with Gasteiger partial charge in [0.1, 0.15) is 0 Å². The van der Waals surface area contributed by atoms with Gasteiger partial charge in [0, 0.05) is 6.20 Å². The van der Waals surface area contributed by atoms with Crippen molar-refractivity contribution in [3.63, 3.8) is 0 Å². The van der Waals surface area contributed by atoms with Crippen molar-refractivity contribution in [2.24, 2.45) is 5.84 Å². The molecule has 2 aromatic rings. The maximum atomic E-state index is 13.9. The summed E-state index contributed by atoms with van der Waals surface area (Å²) in [6, 6.07) is 6.45. The third-order valence-electron chi connectivity index (χ3n) is 2.73. The van der Waals surface area contributed by atoms with E-state index in [2.05, 4.69) is 15.7 Å². The third kappa shape index (κ3) is 2.71. The first-order valence-electron chi connectivity index (χ1n) is 5.72. The zero-order valence-electron chi connectivity index (χ0n) is 10.6. The van der Waals surface area contributed by atoms with E-state index in [-0.39, 0.29) is 11.4 Å². The minimum Gasteiger partial charge on any atom is -0.320 e. The topological polar surface area (TPSA) is 80.0 Å². The Labute approximate surface area is 119 Å². The second kappa shape index (κ2) is 5.85. The standard InChI is InChI=1S/C13H12ClFN4O/c1-7-3-2-4-9(14)11(7)18-13(20)8-5-6-17-12(19-16)10(8)15/h2-6H,16H2,1H3,(H,17,19)(H,18,20). The molecule has 1 aromatic carbocycles. The molecule has 20 heavy (non-hydrogen) atoms. The van der Waals surface area contributed by atoms with Gasteiger partial charge >= 0.3 is 0 Å². The molecule has 104 valence electrons. The molecule has 7 heteroatoms. The maximum absolute atomic E-state index is 13.9.